The normalized spacial score (nSPS) is 11.3. The monoisotopic (exact) mass is 404 g/mol. The van der Waals surface area contributed by atoms with E-state index in [1.54, 1.807) is 0 Å². The second kappa shape index (κ2) is 15.1. The molecule has 1 rings (SSSR count). The quantitative estimate of drug-likeness (QED) is 0.185. The van der Waals surface area contributed by atoms with Crippen molar-refractivity contribution < 1.29 is 19.1 Å². The zero-order chi connectivity index (χ0) is 21.4. The molecule has 0 unspecified atom stereocenters. The van der Waals surface area contributed by atoms with Crippen molar-refractivity contribution in [3.63, 3.8) is 0 Å². The summed E-state index contributed by atoms with van der Waals surface area (Å²) in [5, 5.41) is 0. The standard InChI is InChI=1S/C25H40O4/c1-4-7-13-18-25(21-22-16-11-10-12-17-22,23(26)28-19-14-8-5-2)24(27)29-20-15-9-6-3/h10-12,16-17H,4-9,13-15,18-21H2,1-3H3. The first kappa shape index (κ1) is 25.2. The number of hydrogen-bond acceptors (Lipinski definition) is 4. The Balaban J connectivity index is 3.04. The van der Waals surface area contributed by atoms with Gasteiger partial charge in [0, 0.05) is 0 Å². The van der Waals surface area contributed by atoms with E-state index in [1.807, 2.05) is 30.3 Å². The van der Waals surface area contributed by atoms with Gasteiger partial charge in [0.2, 0.25) is 0 Å². The van der Waals surface area contributed by atoms with Crippen molar-refractivity contribution in [3.8, 4) is 0 Å². The molecule has 4 heteroatoms. The van der Waals surface area contributed by atoms with Gasteiger partial charge in [0.1, 0.15) is 0 Å². The number of benzene rings is 1. The van der Waals surface area contributed by atoms with Crippen molar-refractivity contribution >= 4 is 11.9 Å². The first-order valence-corrected chi connectivity index (χ1v) is 11.5. The Morgan fingerprint density at radius 2 is 1.21 bits per heavy atom. The smallest absolute Gasteiger partial charge is 0.323 e. The largest absolute Gasteiger partial charge is 0.465 e. The summed E-state index contributed by atoms with van der Waals surface area (Å²) < 4.78 is 11.2. The van der Waals surface area contributed by atoms with E-state index in [1.165, 1.54) is 0 Å². The number of hydrogen-bond donors (Lipinski definition) is 0. The Hall–Kier alpha value is -1.84. The van der Waals surface area contributed by atoms with Gasteiger partial charge in [-0.3, -0.25) is 9.59 Å². The summed E-state index contributed by atoms with van der Waals surface area (Å²) in [4.78, 5) is 26.5. The summed E-state index contributed by atoms with van der Waals surface area (Å²) >= 11 is 0. The molecule has 0 heterocycles. The zero-order valence-corrected chi connectivity index (χ0v) is 18.7. The molecule has 4 nitrogen and oxygen atoms in total. The van der Waals surface area contributed by atoms with E-state index in [9.17, 15) is 9.59 Å². The highest BCUT2D eigenvalue weighted by molar-refractivity contribution is 6.00. The molecule has 0 saturated carbocycles. The second-order valence-electron chi connectivity index (χ2n) is 7.89. The van der Waals surface area contributed by atoms with Crippen LogP contribution in [0.1, 0.15) is 90.5 Å². The summed E-state index contributed by atoms with van der Waals surface area (Å²) in [5.41, 5.74) is -0.297. The molecule has 0 N–H and O–H groups in total. The minimum absolute atomic E-state index is 0.330. The van der Waals surface area contributed by atoms with Gasteiger partial charge in [-0.05, 0) is 31.2 Å². The Bertz CT molecular complexity index is 543. The first-order chi connectivity index (χ1) is 14.1. The van der Waals surface area contributed by atoms with Gasteiger partial charge in [0.15, 0.2) is 5.41 Å². The van der Waals surface area contributed by atoms with Crippen molar-refractivity contribution in [1.29, 1.82) is 0 Å². The van der Waals surface area contributed by atoms with E-state index in [-0.39, 0.29) is 0 Å². The molecule has 0 aliphatic rings. The van der Waals surface area contributed by atoms with Gasteiger partial charge in [0.05, 0.1) is 13.2 Å². The highest BCUT2D eigenvalue weighted by Crippen LogP contribution is 2.34. The molecule has 0 saturated heterocycles. The van der Waals surface area contributed by atoms with E-state index in [0.717, 1.165) is 63.4 Å². The molecule has 0 radical (unpaired) electrons. The number of ether oxygens (including phenoxy) is 2. The zero-order valence-electron chi connectivity index (χ0n) is 18.7. The Morgan fingerprint density at radius 1 is 0.724 bits per heavy atom. The van der Waals surface area contributed by atoms with E-state index >= 15 is 0 Å². The molecule has 0 atom stereocenters. The molecular weight excluding hydrogens is 364 g/mol. The summed E-state index contributed by atoms with van der Waals surface area (Å²) in [5.74, 6) is -0.844. The fourth-order valence-corrected chi connectivity index (χ4v) is 3.45. The van der Waals surface area contributed by atoms with Crippen LogP contribution in [0, 0.1) is 5.41 Å². The minimum Gasteiger partial charge on any atom is -0.465 e. The lowest BCUT2D eigenvalue weighted by Crippen LogP contribution is -2.44. The maximum absolute atomic E-state index is 13.2. The molecule has 0 spiro atoms. The van der Waals surface area contributed by atoms with Gasteiger partial charge in [-0.15, -0.1) is 0 Å². The number of esters is 2. The average molecular weight is 405 g/mol. The lowest BCUT2D eigenvalue weighted by atomic mass is 9.77. The van der Waals surface area contributed by atoms with E-state index in [2.05, 4.69) is 20.8 Å². The summed E-state index contributed by atoms with van der Waals surface area (Å²) in [6.45, 7) is 7.06. The molecule has 0 fully saturated rings. The maximum atomic E-state index is 13.2. The summed E-state index contributed by atoms with van der Waals surface area (Å²) in [6, 6.07) is 9.73. The van der Waals surface area contributed by atoms with Crippen molar-refractivity contribution in [2.24, 2.45) is 5.41 Å². The van der Waals surface area contributed by atoms with Crippen LogP contribution in [0.5, 0.6) is 0 Å². The highest BCUT2D eigenvalue weighted by Gasteiger charge is 2.48. The maximum Gasteiger partial charge on any atom is 0.323 e. The molecule has 29 heavy (non-hydrogen) atoms. The van der Waals surface area contributed by atoms with Crippen molar-refractivity contribution in [3.05, 3.63) is 35.9 Å². The molecule has 0 aromatic heterocycles. The van der Waals surface area contributed by atoms with Crippen LogP contribution >= 0.6 is 0 Å². The van der Waals surface area contributed by atoms with Crippen LogP contribution < -0.4 is 0 Å². The molecule has 164 valence electrons. The Labute approximate surface area is 177 Å². The highest BCUT2D eigenvalue weighted by atomic mass is 16.6. The third kappa shape index (κ3) is 9.01. The predicted molar refractivity (Wildman–Crippen MR) is 118 cm³/mol. The van der Waals surface area contributed by atoms with Crippen LogP contribution in [0.2, 0.25) is 0 Å². The molecule has 1 aromatic carbocycles. The number of rotatable bonds is 16. The van der Waals surface area contributed by atoms with Crippen LogP contribution in [0.4, 0.5) is 0 Å². The molecule has 0 aliphatic carbocycles. The van der Waals surface area contributed by atoms with E-state index in [0.29, 0.717) is 26.1 Å². The molecule has 1 aromatic rings. The first-order valence-electron chi connectivity index (χ1n) is 11.5. The molecule has 0 amide bonds. The van der Waals surface area contributed by atoms with Crippen LogP contribution in [0.3, 0.4) is 0 Å². The Kier molecular flexibility index (Phi) is 13.1. The molecule has 0 aliphatic heterocycles. The Morgan fingerprint density at radius 3 is 1.69 bits per heavy atom. The van der Waals surface area contributed by atoms with E-state index in [4.69, 9.17) is 9.47 Å². The van der Waals surface area contributed by atoms with Crippen molar-refractivity contribution in [2.75, 3.05) is 13.2 Å². The van der Waals surface area contributed by atoms with Crippen LogP contribution in [-0.4, -0.2) is 25.2 Å². The number of unbranched alkanes of at least 4 members (excludes halogenated alkanes) is 6. The number of carbonyl (C=O) groups excluding carboxylic acids is 2. The third-order valence-electron chi connectivity index (χ3n) is 5.30. The summed E-state index contributed by atoms with van der Waals surface area (Å²) in [6.07, 6.45) is 9.39. The predicted octanol–water partition coefficient (Wildman–Crippen LogP) is 6.26. The molecule has 0 bridgehead atoms. The topological polar surface area (TPSA) is 52.6 Å². The number of carbonyl (C=O) groups is 2. The van der Waals surface area contributed by atoms with Crippen LogP contribution in [0.15, 0.2) is 30.3 Å². The fourth-order valence-electron chi connectivity index (χ4n) is 3.45. The van der Waals surface area contributed by atoms with Gasteiger partial charge in [0.25, 0.3) is 0 Å². The van der Waals surface area contributed by atoms with Gasteiger partial charge in [-0.25, -0.2) is 0 Å². The molecular formula is C25H40O4. The average Bonchev–Trinajstić information content (AvgIpc) is 2.74. The fraction of sp³-hybridized carbons (Fsp3) is 0.680. The minimum atomic E-state index is -1.26. The van der Waals surface area contributed by atoms with Gasteiger partial charge >= 0.3 is 11.9 Å². The third-order valence-corrected chi connectivity index (χ3v) is 5.30. The lowest BCUT2D eigenvalue weighted by molar-refractivity contribution is -0.173. The lowest BCUT2D eigenvalue weighted by Gasteiger charge is -2.30. The van der Waals surface area contributed by atoms with Gasteiger partial charge < -0.3 is 9.47 Å². The van der Waals surface area contributed by atoms with Gasteiger partial charge in [-0.2, -0.15) is 0 Å². The van der Waals surface area contributed by atoms with Crippen molar-refractivity contribution in [2.45, 2.75) is 91.4 Å². The van der Waals surface area contributed by atoms with E-state index < -0.39 is 17.4 Å². The second-order valence-corrected chi connectivity index (χ2v) is 7.89. The van der Waals surface area contributed by atoms with Crippen LogP contribution in [0.25, 0.3) is 0 Å². The van der Waals surface area contributed by atoms with Gasteiger partial charge in [-0.1, -0.05) is 96.0 Å². The van der Waals surface area contributed by atoms with Crippen molar-refractivity contribution in [1.82, 2.24) is 0 Å². The summed E-state index contributed by atoms with van der Waals surface area (Å²) in [7, 11) is 0. The SMILES string of the molecule is CCCCCOC(=O)C(CCCCC)(Cc1ccccc1)C(=O)OCCCCC. The van der Waals surface area contributed by atoms with Crippen LogP contribution in [-0.2, 0) is 25.5 Å².